The van der Waals surface area contributed by atoms with E-state index in [1.54, 1.807) is 22.4 Å². The van der Waals surface area contributed by atoms with Crippen molar-refractivity contribution >= 4 is 16.6 Å². The van der Waals surface area contributed by atoms with Gasteiger partial charge in [-0.15, -0.1) is 0 Å². The van der Waals surface area contributed by atoms with Crippen molar-refractivity contribution in [2.45, 2.75) is 19.6 Å². The number of benzene rings is 1. The quantitative estimate of drug-likeness (QED) is 0.446. The fourth-order valence-electron chi connectivity index (χ4n) is 4.36. The molecular weight excluding hydrogens is 406 g/mol. The Hall–Kier alpha value is -3.07. The number of aromatic nitrogens is 4. The van der Waals surface area contributed by atoms with Crippen molar-refractivity contribution in [3.8, 4) is 11.1 Å². The first-order valence-electron chi connectivity index (χ1n) is 11.0. The van der Waals surface area contributed by atoms with Gasteiger partial charge in [-0.1, -0.05) is 30.3 Å². The zero-order valence-corrected chi connectivity index (χ0v) is 18.2. The number of hydrogen-bond donors (Lipinski definition) is 0. The van der Waals surface area contributed by atoms with Crippen molar-refractivity contribution in [3.63, 3.8) is 0 Å². The normalized spacial score (nSPS) is 15.0. The Morgan fingerprint density at radius 3 is 2.69 bits per heavy atom. The molecule has 0 amide bonds. The van der Waals surface area contributed by atoms with Gasteiger partial charge in [0.25, 0.3) is 5.56 Å². The summed E-state index contributed by atoms with van der Waals surface area (Å²) in [6.45, 7) is 5.50. The highest BCUT2D eigenvalue weighted by Gasteiger charge is 2.18. The number of pyridine rings is 1. The molecule has 8 nitrogen and oxygen atoms in total. The Morgan fingerprint density at radius 1 is 1.09 bits per heavy atom. The molecule has 8 heteroatoms. The van der Waals surface area contributed by atoms with Crippen LogP contribution in [-0.4, -0.2) is 64.0 Å². The van der Waals surface area contributed by atoms with Crippen LogP contribution < -0.4 is 5.56 Å². The molecule has 166 valence electrons. The summed E-state index contributed by atoms with van der Waals surface area (Å²) in [5.41, 5.74) is 4.20. The molecular formula is C24H27N5O3. The van der Waals surface area contributed by atoms with Crippen molar-refractivity contribution in [2.24, 2.45) is 0 Å². The minimum Gasteiger partial charge on any atom is -0.379 e. The van der Waals surface area contributed by atoms with Crippen molar-refractivity contribution in [2.75, 3.05) is 40.0 Å². The van der Waals surface area contributed by atoms with Crippen LogP contribution in [-0.2, 0) is 22.6 Å². The number of methoxy groups -OCH3 is 1. The molecule has 0 N–H and O–H groups in total. The molecule has 32 heavy (non-hydrogen) atoms. The van der Waals surface area contributed by atoms with Crippen LogP contribution in [0.15, 0.2) is 53.6 Å². The summed E-state index contributed by atoms with van der Waals surface area (Å²) in [6, 6.07) is 12.0. The van der Waals surface area contributed by atoms with Gasteiger partial charge in [-0.3, -0.25) is 9.69 Å². The van der Waals surface area contributed by atoms with Crippen LogP contribution in [0.25, 0.3) is 27.7 Å². The Balaban J connectivity index is 1.50. The molecule has 4 heterocycles. The molecule has 3 aromatic heterocycles. The lowest BCUT2D eigenvalue weighted by molar-refractivity contribution is 0.0369. The molecule has 1 aliphatic heterocycles. The minimum atomic E-state index is -0.0380. The van der Waals surface area contributed by atoms with E-state index in [1.165, 1.54) is 0 Å². The summed E-state index contributed by atoms with van der Waals surface area (Å²) in [6.07, 6.45) is 4.46. The van der Waals surface area contributed by atoms with E-state index in [0.717, 1.165) is 67.3 Å². The zero-order valence-electron chi connectivity index (χ0n) is 18.2. The van der Waals surface area contributed by atoms with E-state index in [-0.39, 0.29) is 5.56 Å². The Bertz CT molecular complexity index is 1280. The molecule has 0 unspecified atom stereocenters. The average molecular weight is 434 g/mol. The maximum absolute atomic E-state index is 13.2. The van der Waals surface area contributed by atoms with E-state index < -0.39 is 0 Å². The van der Waals surface area contributed by atoms with Crippen LogP contribution in [0.2, 0.25) is 0 Å². The summed E-state index contributed by atoms with van der Waals surface area (Å²) in [4.78, 5) is 20.2. The first-order valence-corrected chi connectivity index (χ1v) is 11.0. The summed E-state index contributed by atoms with van der Waals surface area (Å²) in [5, 5.41) is 5.33. The maximum atomic E-state index is 13.2. The predicted octanol–water partition coefficient (Wildman–Crippen LogP) is 2.58. The summed E-state index contributed by atoms with van der Waals surface area (Å²) in [5.74, 6) is 0. The third-order valence-corrected chi connectivity index (χ3v) is 5.98. The number of nitrogens with zero attached hydrogens (tertiary/aromatic N) is 5. The molecule has 0 atom stereocenters. The number of ether oxygens (including phenoxy) is 2. The van der Waals surface area contributed by atoms with Gasteiger partial charge in [-0.2, -0.15) is 5.10 Å². The Morgan fingerprint density at radius 2 is 1.91 bits per heavy atom. The second kappa shape index (κ2) is 9.20. The van der Waals surface area contributed by atoms with E-state index in [0.29, 0.717) is 18.5 Å². The maximum Gasteiger partial charge on any atom is 0.261 e. The van der Waals surface area contributed by atoms with Gasteiger partial charge in [0.1, 0.15) is 0 Å². The van der Waals surface area contributed by atoms with Crippen molar-refractivity contribution in [1.82, 2.24) is 24.1 Å². The van der Waals surface area contributed by atoms with Gasteiger partial charge >= 0.3 is 0 Å². The average Bonchev–Trinajstić information content (AvgIpc) is 3.20. The SMILES string of the molecule is COCc1nn2c(ncc3c(=O)n(CCCN4CCOCC4)ccc32)c1-c1ccccc1. The molecule has 0 radical (unpaired) electrons. The van der Waals surface area contributed by atoms with Crippen LogP contribution >= 0.6 is 0 Å². The fourth-order valence-corrected chi connectivity index (χ4v) is 4.36. The molecule has 1 saturated heterocycles. The second-order valence-electron chi connectivity index (χ2n) is 8.04. The largest absolute Gasteiger partial charge is 0.379 e. The van der Waals surface area contributed by atoms with Crippen LogP contribution in [0.1, 0.15) is 12.1 Å². The molecule has 4 aromatic rings. The summed E-state index contributed by atoms with van der Waals surface area (Å²) >= 11 is 0. The summed E-state index contributed by atoms with van der Waals surface area (Å²) < 4.78 is 14.3. The van der Waals surface area contributed by atoms with E-state index in [2.05, 4.69) is 9.88 Å². The molecule has 1 aliphatic rings. The van der Waals surface area contributed by atoms with E-state index in [9.17, 15) is 4.79 Å². The second-order valence-corrected chi connectivity index (χ2v) is 8.04. The van der Waals surface area contributed by atoms with Gasteiger partial charge in [0, 0.05) is 45.7 Å². The number of morpholine rings is 1. The third kappa shape index (κ3) is 3.92. The smallest absolute Gasteiger partial charge is 0.261 e. The molecule has 1 fully saturated rings. The number of fused-ring (bicyclic) bond motifs is 3. The lowest BCUT2D eigenvalue weighted by atomic mass is 10.1. The number of hydrogen-bond acceptors (Lipinski definition) is 6. The van der Waals surface area contributed by atoms with Gasteiger partial charge in [-0.25, -0.2) is 9.50 Å². The first-order chi connectivity index (χ1) is 15.8. The van der Waals surface area contributed by atoms with Crippen LogP contribution in [0.3, 0.4) is 0 Å². The molecule has 0 bridgehead atoms. The highest BCUT2D eigenvalue weighted by atomic mass is 16.5. The fraction of sp³-hybridized carbons (Fsp3) is 0.375. The van der Waals surface area contributed by atoms with Crippen molar-refractivity contribution in [3.05, 3.63) is 64.8 Å². The Labute approximate surface area is 186 Å². The van der Waals surface area contributed by atoms with Crippen molar-refractivity contribution < 1.29 is 9.47 Å². The van der Waals surface area contributed by atoms with Gasteiger partial charge in [0.15, 0.2) is 5.65 Å². The van der Waals surface area contributed by atoms with E-state index in [4.69, 9.17) is 14.6 Å². The Kier molecular flexibility index (Phi) is 5.98. The van der Waals surface area contributed by atoms with E-state index in [1.807, 2.05) is 42.6 Å². The van der Waals surface area contributed by atoms with Gasteiger partial charge in [0.05, 0.1) is 42.0 Å². The third-order valence-electron chi connectivity index (χ3n) is 5.98. The highest BCUT2D eigenvalue weighted by Crippen LogP contribution is 2.29. The van der Waals surface area contributed by atoms with Crippen LogP contribution in [0, 0.1) is 0 Å². The number of rotatable bonds is 7. The minimum absolute atomic E-state index is 0.0380. The molecule has 0 saturated carbocycles. The van der Waals surface area contributed by atoms with Crippen molar-refractivity contribution in [1.29, 1.82) is 0 Å². The lowest BCUT2D eigenvalue weighted by Crippen LogP contribution is -2.37. The van der Waals surface area contributed by atoms with Gasteiger partial charge in [-0.05, 0) is 18.1 Å². The molecule has 5 rings (SSSR count). The lowest BCUT2D eigenvalue weighted by Gasteiger charge is -2.26. The number of aryl methyl sites for hydroxylation is 1. The first kappa shape index (κ1) is 20.8. The molecule has 0 spiro atoms. The molecule has 1 aromatic carbocycles. The summed E-state index contributed by atoms with van der Waals surface area (Å²) in [7, 11) is 1.65. The predicted molar refractivity (Wildman–Crippen MR) is 123 cm³/mol. The standard InChI is InChI=1S/C24H27N5O3/c1-31-17-20-22(18-6-3-2-4-7-18)23-25-16-19-21(29(23)26-20)8-11-28(24(19)30)10-5-9-27-12-14-32-15-13-27/h2-4,6-8,11,16H,5,9-10,12-15,17H2,1H3. The van der Waals surface area contributed by atoms with Crippen LogP contribution in [0.5, 0.6) is 0 Å². The topological polar surface area (TPSA) is 73.9 Å². The zero-order chi connectivity index (χ0) is 21.9. The van der Waals surface area contributed by atoms with Crippen LogP contribution in [0.4, 0.5) is 0 Å². The molecule has 0 aliphatic carbocycles. The highest BCUT2D eigenvalue weighted by molar-refractivity contribution is 5.86. The monoisotopic (exact) mass is 433 g/mol. The van der Waals surface area contributed by atoms with Gasteiger partial charge < -0.3 is 14.0 Å². The van der Waals surface area contributed by atoms with E-state index >= 15 is 0 Å². The van der Waals surface area contributed by atoms with Gasteiger partial charge in [0.2, 0.25) is 0 Å².